The van der Waals surface area contributed by atoms with Crippen LogP contribution in [0, 0.1) is 0 Å². The number of allylic oxidation sites excluding steroid dienone is 2. The van der Waals surface area contributed by atoms with Crippen LogP contribution < -0.4 is 0 Å². The van der Waals surface area contributed by atoms with Crippen LogP contribution >= 0.6 is 0 Å². The van der Waals surface area contributed by atoms with Crippen LogP contribution in [0.4, 0.5) is 0 Å². The second-order valence-electron chi connectivity index (χ2n) is 13.0. The largest absolute Gasteiger partial charge is 0.432 e. The van der Waals surface area contributed by atoms with Crippen LogP contribution in [-0.4, -0.2) is 5.97 Å². The van der Waals surface area contributed by atoms with Gasteiger partial charge in [-0.25, -0.2) is 4.79 Å². The van der Waals surface area contributed by atoms with E-state index in [9.17, 15) is 4.79 Å². The van der Waals surface area contributed by atoms with E-state index in [1.54, 1.807) is 12.3 Å². The van der Waals surface area contributed by atoms with Crippen molar-refractivity contribution in [1.82, 2.24) is 0 Å². The van der Waals surface area contributed by atoms with Crippen molar-refractivity contribution < 1.29 is 9.53 Å². The molecule has 0 aliphatic carbocycles. The molecule has 0 fully saturated rings. The fraction of sp³-hybridized carbons (Fsp3) is 0.875. The van der Waals surface area contributed by atoms with Gasteiger partial charge in [-0.15, -0.1) is 0 Å². The first-order valence-corrected chi connectivity index (χ1v) is 19.3. The van der Waals surface area contributed by atoms with Crippen molar-refractivity contribution in [2.75, 3.05) is 0 Å². The van der Waals surface area contributed by atoms with Crippen LogP contribution in [-0.2, 0) is 9.53 Å². The molecular weight excluding hydrogens is 512 g/mol. The van der Waals surface area contributed by atoms with E-state index in [0.29, 0.717) is 0 Å². The molecule has 0 bridgehead atoms. The van der Waals surface area contributed by atoms with E-state index >= 15 is 0 Å². The molecule has 0 aromatic rings. The molecule has 0 unspecified atom stereocenters. The lowest BCUT2D eigenvalue weighted by molar-refractivity contribution is -0.132. The molecule has 0 heterocycles. The molecule has 0 radical (unpaired) electrons. The monoisotopic (exact) mass is 589 g/mol. The van der Waals surface area contributed by atoms with E-state index in [-0.39, 0.29) is 5.97 Å². The first-order chi connectivity index (χ1) is 20.8. The topological polar surface area (TPSA) is 26.3 Å². The van der Waals surface area contributed by atoms with Crippen LogP contribution in [0.5, 0.6) is 0 Å². The van der Waals surface area contributed by atoms with Crippen molar-refractivity contribution in [3.05, 3.63) is 24.5 Å². The zero-order valence-electron chi connectivity index (χ0n) is 29.0. The quantitative estimate of drug-likeness (QED) is 0.0318. The Morgan fingerprint density at radius 3 is 0.952 bits per heavy atom. The Morgan fingerprint density at radius 1 is 0.381 bits per heavy atom. The molecule has 0 atom stereocenters. The van der Waals surface area contributed by atoms with Crippen LogP contribution in [0.15, 0.2) is 24.5 Å². The van der Waals surface area contributed by atoms with E-state index in [0.717, 1.165) is 12.8 Å². The summed E-state index contributed by atoms with van der Waals surface area (Å²) in [7, 11) is 0. The Bertz CT molecular complexity index is 564. The number of carbonyl (C=O) groups excluding carboxylic acids is 1. The molecule has 2 nitrogen and oxygen atoms in total. The van der Waals surface area contributed by atoms with Crippen molar-refractivity contribution >= 4 is 5.97 Å². The van der Waals surface area contributed by atoms with E-state index < -0.39 is 0 Å². The summed E-state index contributed by atoms with van der Waals surface area (Å²) in [4.78, 5) is 11.8. The van der Waals surface area contributed by atoms with Gasteiger partial charge in [-0.05, 0) is 31.8 Å². The fourth-order valence-electron chi connectivity index (χ4n) is 5.85. The maximum absolute atomic E-state index is 11.8. The van der Waals surface area contributed by atoms with E-state index in [2.05, 4.69) is 13.8 Å². The molecule has 0 saturated heterocycles. The highest BCUT2D eigenvalue weighted by Crippen LogP contribution is 2.15. The van der Waals surface area contributed by atoms with Crippen LogP contribution in [0.3, 0.4) is 0 Å². The van der Waals surface area contributed by atoms with Crippen molar-refractivity contribution in [1.29, 1.82) is 0 Å². The zero-order valence-corrected chi connectivity index (χ0v) is 29.0. The zero-order chi connectivity index (χ0) is 30.4. The molecule has 0 rings (SSSR count). The number of unbranched alkanes of at least 4 members (excludes halogenated alkanes) is 31. The number of hydrogen-bond acceptors (Lipinski definition) is 2. The molecule has 0 N–H and O–H groups in total. The van der Waals surface area contributed by atoms with E-state index in [4.69, 9.17) is 4.74 Å². The van der Waals surface area contributed by atoms with Gasteiger partial charge >= 0.3 is 5.97 Å². The second-order valence-corrected chi connectivity index (χ2v) is 13.0. The molecule has 0 spiro atoms. The summed E-state index contributed by atoms with van der Waals surface area (Å²) in [6.07, 6.45) is 52.3. The number of esters is 1. The minimum absolute atomic E-state index is 0.237. The molecule has 0 aromatic carbocycles. The van der Waals surface area contributed by atoms with Crippen LogP contribution in [0.2, 0.25) is 0 Å². The summed E-state index contributed by atoms with van der Waals surface area (Å²) >= 11 is 0. The van der Waals surface area contributed by atoms with Crippen molar-refractivity contribution in [2.24, 2.45) is 0 Å². The first kappa shape index (κ1) is 41.0. The molecular formula is C40H76O2. The summed E-state index contributed by atoms with van der Waals surface area (Å²) in [6, 6.07) is 0. The average Bonchev–Trinajstić information content (AvgIpc) is 3.00. The predicted molar refractivity (Wildman–Crippen MR) is 188 cm³/mol. The summed E-state index contributed by atoms with van der Waals surface area (Å²) in [5.41, 5.74) is 0. The maximum atomic E-state index is 11.8. The average molecular weight is 589 g/mol. The third-order valence-corrected chi connectivity index (χ3v) is 8.73. The van der Waals surface area contributed by atoms with Gasteiger partial charge in [-0.3, -0.25) is 0 Å². The molecule has 2 heteroatoms. The lowest BCUT2D eigenvalue weighted by atomic mass is 10.0. The molecule has 0 amide bonds. The summed E-state index contributed by atoms with van der Waals surface area (Å²) in [5.74, 6) is -0.237. The normalized spacial score (nSPS) is 11.8. The highest BCUT2D eigenvalue weighted by molar-refractivity contribution is 5.82. The summed E-state index contributed by atoms with van der Waals surface area (Å²) in [5, 5.41) is 0. The molecule has 0 saturated carbocycles. The van der Waals surface area contributed by atoms with Gasteiger partial charge in [-0.2, -0.15) is 0 Å². The minimum Gasteiger partial charge on any atom is -0.432 e. The van der Waals surface area contributed by atoms with E-state index in [1.165, 1.54) is 199 Å². The highest BCUT2D eigenvalue weighted by Gasteiger charge is 1.97. The Labute approximate surface area is 265 Å². The third-order valence-electron chi connectivity index (χ3n) is 8.73. The molecule has 0 aromatic heterocycles. The highest BCUT2D eigenvalue weighted by atomic mass is 16.5. The smallest absolute Gasteiger partial charge is 0.335 e. The Kier molecular flexibility index (Phi) is 37.0. The van der Waals surface area contributed by atoms with Gasteiger partial charge in [0.1, 0.15) is 0 Å². The Balaban J connectivity index is 3.27. The van der Waals surface area contributed by atoms with Crippen molar-refractivity contribution in [2.45, 2.75) is 226 Å². The predicted octanol–water partition coefficient (Wildman–Crippen LogP) is 14.5. The Morgan fingerprint density at radius 2 is 0.643 bits per heavy atom. The molecule has 0 aliphatic heterocycles. The SMILES string of the molecule is CCCCCCCCCCCCCCCCCC=CC(=O)OC=CCCCCCCCCCCCCCCCCCC. The van der Waals surface area contributed by atoms with Crippen LogP contribution in [0.25, 0.3) is 0 Å². The van der Waals surface area contributed by atoms with Gasteiger partial charge in [0.15, 0.2) is 0 Å². The lowest BCUT2D eigenvalue weighted by Gasteiger charge is -2.03. The van der Waals surface area contributed by atoms with Gasteiger partial charge in [0.05, 0.1) is 6.26 Å². The number of hydrogen-bond donors (Lipinski definition) is 0. The summed E-state index contributed by atoms with van der Waals surface area (Å²) in [6.45, 7) is 4.58. The molecule has 42 heavy (non-hydrogen) atoms. The molecule has 248 valence electrons. The number of carbonyl (C=O) groups is 1. The fourth-order valence-corrected chi connectivity index (χ4v) is 5.85. The van der Waals surface area contributed by atoms with Gasteiger partial charge in [0.2, 0.25) is 0 Å². The van der Waals surface area contributed by atoms with Gasteiger partial charge in [0.25, 0.3) is 0 Å². The third kappa shape index (κ3) is 37.0. The number of rotatable bonds is 35. The van der Waals surface area contributed by atoms with Gasteiger partial charge < -0.3 is 4.74 Å². The first-order valence-electron chi connectivity index (χ1n) is 19.3. The standard InChI is InChI=1S/C40H76O2/c1-3-5-7-9-11-13-15-17-19-21-23-25-27-29-31-33-35-37-39-42-40(41)38-36-34-32-30-28-26-24-22-20-18-16-14-12-10-8-6-4-2/h36-39H,3-35H2,1-2H3. The Hall–Kier alpha value is -1.05. The van der Waals surface area contributed by atoms with E-state index in [1.807, 2.05) is 12.2 Å². The summed E-state index contributed by atoms with van der Waals surface area (Å²) < 4.78 is 5.19. The minimum atomic E-state index is -0.237. The lowest BCUT2D eigenvalue weighted by Crippen LogP contribution is -1.93. The van der Waals surface area contributed by atoms with Crippen molar-refractivity contribution in [3.63, 3.8) is 0 Å². The van der Waals surface area contributed by atoms with Gasteiger partial charge in [-0.1, -0.05) is 206 Å². The maximum Gasteiger partial charge on any atom is 0.335 e. The molecule has 0 aliphatic rings. The van der Waals surface area contributed by atoms with Crippen LogP contribution in [0.1, 0.15) is 226 Å². The second kappa shape index (κ2) is 38.0. The van der Waals surface area contributed by atoms with Crippen molar-refractivity contribution in [3.8, 4) is 0 Å². The van der Waals surface area contributed by atoms with Gasteiger partial charge in [0, 0.05) is 6.08 Å². The number of ether oxygens (including phenoxy) is 1.